The number of aromatic nitrogens is 1. The Morgan fingerprint density at radius 1 is 0.957 bits per heavy atom. The van der Waals surface area contributed by atoms with E-state index in [-0.39, 0.29) is 54.3 Å². The Kier molecular flexibility index (Phi) is 16.5. The highest BCUT2D eigenvalue weighted by Gasteiger charge is 2.44. The fourth-order valence-electron chi connectivity index (χ4n) is 8.09. The number of aliphatic hydroxyl groups is 1. The fourth-order valence-corrected chi connectivity index (χ4v) is 10.0. The molecule has 4 aromatic carbocycles. The second-order valence-electron chi connectivity index (χ2n) is 18.1. The number of likely N-dealkylation sites (tertiary alicyclic amines) is 1. The number of halogens is 1. The van der Waals surface area contributed by atoms with Crippen molar-refractivity contribution in [3.8, 4) is 33.4 Å². The molecule has 1 saturated heterocycles. The smallest absolute Gasteiger partial charge is 0.246 e. The van der Waals surface area contributed by atoms with Crippen LogP contribution in [0.5, 0.6) is 23.0 Å². The number of hydrogen-bond donors (Lipinski definition) is 4. The number of ketones is 1. The van der Waals surface area contributed by atoms with Crippen molar-refractivity contribution < 1.29 is 48.0 Å². The van der Waals surface area contributed by atoms with Crippen LogP contribution in [0.25, 0.3) is 20.5 Å². The molecule has 1 aliphatic rings. The van der Waals surface area contributed by atoms with Gasteiger partial charge in [0, 0.05) is 41.7 Å². The number of aliphatic hydroxyl groups excluding tert-OH is 1. The summed E-state index contributed by atoms with van der Waals surface area (Å²) in [6.45, 7) is 13.4. The molecular weight excluding hydrogens is 922 g/mol. The molecule has 3 unspecified atom stereocenters. The van der Waals surface area contributed by atoms with Gasteiger partial charge in [-0.15, -0.1) is 22.7 Å². The lowest BCUT2D eigenvalue weighted by molar-refractivity contribution is -0.144. The summed E-state index contributed by atoms with van der Waals surface area (Å²) < 4.78 is 32.7. The molecular formula is C52H58FN5O9S2. The summed E-state index contributed by atoms with van der Waals surface area (Å²) in [5, 5.41) is 27.2. The Morgan fingerprint density at radius 2 is 1.68 bits per heavy atom. The van der Waals surface area contributed by atoms with Gasteiger partial charge >= 0.3 is 0 Å². The predicted molar refractivity (Wildman–Crippen MR) is 265 cm³/mol. The number of rotatable bonds is 20. The molecule has 4 atom stereocenters. The van der Waals surface area contributed by atoms with E-state index in [9.17, 15) is 33.8 Å². The first-order chi connectivity index (χ1) is 33.0. The third-order valence-electron chi connectivity index (χ3n) is 11.9. The van der Waals surface area contributed by atoms with Crippen molar-refractivity contribution in [2.45, 2.75) is 72.2 Å². The number of β-amino-alcohol motifs (C(OH)–C–C–N with tert-alkyl or cyclic N) is 1. The average Bonchev–Trinajstić information content (AvgIpc) is 4.04. The molecule has 0 saturated carbocycles. The minimum atomic E-state index is -0.987. The molecule has 2 aromatic heterocycles. The number of amides is 3. The zero-order valence-corrected chi connectivity index (χ0v) is 41.1. The van der Waals surface area contributed by atoms with Gasteiger partial charge in [0.25, 0.3) is 0 Å². The topological polar surface area (TPSA) is 180 Å². The fraction of sp³-hybridized carbons (Fsp3) is 0.365. The lowest BCUT2D eigenvalue weighted by Crippen LogP contribution is -2.58. The van der Waals surface area contributed by atoms with Gasteiger partial charge in [0.15, 0.2) is 5.75 Å². The molecule has 0 spiro atoms. The van der Waals surface area contributed by atoms with E-state index < -0.39 is 47.0 Å². The maximum absolute atomic E-state index is 14.1. The van der Waals surface area contributed by atoms with E-state index in [1.165, 1.54) is 29.2 Å². The second-order valence-corrected chi connectivity index (χ2v) is 20.0. The van der Waals surface area contributed by atoms with Gasteiger partial charge < -0.3 is 40.0 Å². The van der Waals surface area contributed by atoms with Crippen molar-refractivity contribution in [3.63, 3.8) is 0 Å². The van der Waals surface area contributed by atoms with E-state index in [0.717, 1.165) is 33.0 Å². The molecule has 17 heteroatoms. The number of carbonyl (C=O) groups is 4. The monoisotopic (exact) mass is 979 g/mol. The number of nitrogens with one attached hydrogen (secondary N) is 2. The first-order valence-electron chi connectivity index (χ1n) is 22.8. The van der Waals surface area contributed by atoms with Crippen molar-refractivity contribution in [1.29, 1.82) is 0 Å². The first-order valence-corrected chi connectivity index (χ1v) is 24.5. The molecule has 3 heterocycles. The molecule has 3 amide bonds. The number of fused-ring (bicyclic) bond motifs is 1. The molecule has 69 heavy (non-hydrogen) atoms. The van der Waals surface area contributed by atoms with Crippen molar-refractivity contribution in [1.82, 2.24) is 25.4 Å². The summed E-state index contributed by atoms with van der Waals surface area (Å²) in [6.07, 6.45) is -0.816. The van der Waals surface area contributed by atoms with E-state index >= 15 is 0 Å². The van der Waals surface area contributed by atoms with Gasteiger partial charge in [0.2, 0.25) is 23.5 Å². The molecule has 7 rings (SSSR count). The van der Waals surface area contributed by atoms with Crippen LogP contribution in [0, 0.1) is 18.2 Å². The van der Waals surface area contributed by atoms with Gasteiger partial charge in [-0.25, -0.2) is 9.37 Å². The summed E-state index contributed by atoms with van der Waals surface area (Å²) in [4.78, 5) is 63.7. The van der Waals surface area contributed by atoms with Gasteiger partial charge in [-0.1, -0.05) is 64.1 Å². The van der Waals surface area contributed by atoms with Gasteiger partial charge in [-0.3, -0.25) is 24.1 Å². The average molecular weight is 980 g/mol. The number of phenols is 1. The summed E-state index contributed by atoms with van der Waals surface area (Å²) in [7, 11) is 0. The van der Waals surface area contributed by atoms with Crippen LogP contribution in [0.3, 0.4) is 0 Å². The number of thiazole rings is 1. The van der Waals surface area contributed by atoms with Crippen molar-refractivity contribution >= 4 is 56.3 Å². The second kappa shape index (κ2) is 22.5. The highest BCUT2D eigenvalue weighted by atomic mass is 32.1. The summed E-state index contributed by atoms with van der Waals surface area (Å²) in [5.74, 6) is -0.836. The number of aryl methyl sites for hydroxylation is 1. The molecule has 1 fully saturated rings. The molecule has 14 nitrogen and oxygen atoms in total. The normalized spacial score (nSPS) is 15.8. The number of likely N-dealkylation sites (N-methyl/N-ethyl adjacent to an activating group) is 1. The molecule has 364 valence electrons. The molecule has 6 aromatic rings. The Morgan fingerprint density at radius 3 is 2.36 bits per heavy atom. The Labute approximate surface area is 409 Å². The van der Waals surface area contributed by atoms with Crippen LogP contribution in [0.15, 0.2) is 96.5 Å². The predicted octanol–water partition coefficient (Wildman–Crippen LogP) is 8.29. The lowest BCUT2D eigenvalue weighted by Gasteiger charge is -2.35. The molecule has 1 aliphatic heterocycles. The molecule has 0 radical (unpaired) electrons. The SMILES string of the molecule is CCN(CCOCC(=O)NC(C(=O)N1CC(O)CC1C(=O)N[C@@H](C)c1ccc(-c2scnc2C)cc1)C(C)(C)C)CCOc1ccc(Oc2c(C(=O)c3cccc(F)c3)sc3cc(O)ccc23)cc1. The quantitative estimate of drug-likeness (QED) is 0.0427. The van der Waals surface area contributed by atoms with E-state index in [1.807, 2.05) is 71.3 Å². The van der Waals surface area contributed by atoms with Crippen molar-refractivity contribution in [2.24, 2.45) is 5.41 Å². The van der Waals surface area contributed by atoms with Gasteiger partial charge in [-0.05, 0) is 91.5 Å². The summed E-state index contributed by atoms with van der Waals surface area (Å²) >= 11 is 2.72. The molecule has 0 aliphatic carbocycles. The molecule has 4 N–H and O–H groups in total. The van der Waals surface area contributed by atoms with Crippen LogP contribution in [0.4, 0.5) is 4.39 Å². The maximum atomic E-state index is 14.1. The Balaban J connectivity index is 0.863. The Bertz CT molecular complexity index is 2760. The lowest BCUT2D eigenvalue weighted by atomic mass is 9.85. The van der Waals surface area contributed by atoms with Gasteiger partial charge in [0.1, 0.15) is 53.2 Å². The highest BCUT2D eigenvalue weighted by molar-refractivity contribution is 7.21. The van der Waals surface area contributed by atoms with Crippen molar-refractivity contribution in [2.75, 3.05) is 46.0 Å². The van der Waals surface area contributed by atoms with Crippen LogP contribution < -0.4 is 20.1 Å². The summed E-state index contributed by atoms with van der Waals surface area (Å²) in [5.41, 5.74) is 4.15. The van der Waals surface area contributed by atoms with Crippen LogP contribution >= 0.6 is 22.7 Å². The minimum Gasteiger partial charge on any atom is -0.508 e. The number of benzene rings is 4. The van der Waals surface area contributed by atoms with Crippen LogP contribution in [0.2, 0.25) is 0 Å². The van der Waals surface area contributed by atoms with Crippen LogP contribution in [-0.4, -0.2) is 113 Å². The molecule has 0 bridgehead atoms. The minimum absolute atomic E-state index is 0.0334. The number of phenolic OH excluding ortho intramolecular Hbond substituents is 1. The Hall–Kier alpha value is -6.24. The third kappa shape index (κ3) is 12.7. The number of aromatic hydroxyl groups is 1. The van der Waals surface area contributed by atoms with Crippen LogP contribution in [-0.2, 0) is 19.1 Å². The number of thiophene rings is 1. The number of hydrogen-bond acceptors (Lipinski definition) is 13. The van der Waals surface area contributed by atoms with Gasteiger partial charge in [-0.2, -0.15) is 0 Å². The largest absolute Gasteiger partial charge is 0.508 e. The van der Waals surface area contributed by atoms with E-state index in [1.54, 1.807) is 53.8 Å². The van der Waals surface area contributed by atoms with E-state index in [2.05, 4.69) is 20.5 Å². The number of nitrogens with zero attached hydrogens (tertiary/aromatic N) is 3. The highest BCUT2D eigenvalue weighted by Crippen LogP contribution is 2.43. The number of carbonyl (C=O) groups excluding carboxylic acids is 4. The summed E-state index contributed by atoms with van der Waals surface area (Å²) in [6, 6.07) is 22.8. The van der Waals surface area contributed by atoms with Crippen LogP contribution in [0.1, 0.15) is 73.6 Å². The first kappa shape index (κ1) is 50.6. The van der Waals surface area contributed by atoms with Gasteiger partial charge in [0.05, 0.1) is 34.8 Å². The van der Waals surface area contributed by atoms with Crippen molar-refractivity contribution in [3.05, 3.63) is 124 Å². The maximum Gasteiger partial charge on any atom is 0.246 e. The number of ether oxygens (including phenoxy) is 3. The zero-order chi connectivity index (χ0) is 49.4. The van der Waals surface area contributed by atoms with E-state index in [0.29, 0.717) is 53.6 Å². The van der Waals surface area contributed by atoms with E-state index in [4.69, 9.17) is 14.2 Å². The standard InChI is InChI=1S/C52H58FN5O9S2/c1-7-57(22-24-66-39-16-18-40(19-17-39)67-46-41-20-15-37(59)27-43(41)69-48(46)45(62)35-9-8-10-36(53)25-35)21-23-65-29-44(61)56-49(52(4,5)6)51(64)58-28-38(60)26-42(58)50(63)55-31(2)33-11-13-34(14-12-33)47-32(3)54-30-68-47/h8-20,25,27,30-31,38,42,49,59-60H,7,21-24,26,28-29H2,1-6H3,(H,55,63)(H,56,61)/t31-,38?,42?,49?/m0/s1. The third-order valence-corrected chi connectivity index (χ3v) is 14.0. The zero-order valence-electron chi connectivity index (χ0n) is 39.5.